The van der Waals surface area contributed by atoms with Gasteiger partial charge in [0.1, 0.15) is 17.2 Å². The van der Waals surface area contributed by atoms with Crippen LogP contribution in [-0.4, -0.2) is 56.0 Å². The zero-order valence-electron chi connectivity index (χ0n) is 25.2. The van der Waals surface area contributed by atoms with Crippen molar-refractivity contribution in [1.29, 1.82) is 0 Å². The minimum Gasteiger partial charge on any atom is -0.494 e. The Bertz CT molecular complexity index is 1420. The normalized spacial score (nSPS) is 10.6. The highest BCUT2D eigenvalue weighted by atomic mass is 16.5. The van der Waals surface area contributed by atoms with Crippen molar-refractivity contribution in [2.45, 2.75) is 25.7 Å². The smallest absolute Gasteiger partial charge is 0.336 e. The Balaban J connectivity index is 1.35. The Morgan fingerprint density at radius 3 is 1.69 bits per heavy atom. The number of unbranched alkanes of at least 4 members (excludes halogenated alkanes) is 2. The number of aliphatic hydroxyl groups is 1. The minimum atomic E-state index is -0.600. The second kappa shape index (κ2) is 19.2. The first-order valence-corrected chi connectivity index (χ1v) is 14.6. The van der Waals surface area contributed by atoms with Gasteiger partial charge in [0.25, 0.3) is 0 Å². The second-order valence-electron chi connectivity index (χ2n) is 9.75. The molecule has 0 amide bonds. The molecule has 0 aromatic heterocycles. The molecule has 0 aliphatic heterocycles. The van der Waals surface area contributed by atoms with E-state index in [0.717, 1.165) is 41.4 Å². The number of rotatable bonds is 19. The van der Waals surface area contributed by atoms with E-state index in [1.165, 1.54) is 6.08 Å². The number of aliphatic hydroxyl groups excluding tert-OH is 1. The van der Waals surface area contributed by atoms with Crippen molar-refractivity contribution in [3.63, 3.8) is 0 Å². The molecule has 0 atom stereocenters. The average molecular weight is 615 g/mol. The van der Waals surface area contributed by atoms with E-state index in [2.05, 4.69) is 13.2 Å². The van der Waals surface area contributed by atoms with Gasteiger partial charge >= 0.3 is 17.9 Å². The number of benzene rings is 3. The lowest BCUT2D eigenvalue weighted by Gasteiger charge is -2.08. The van der Waals surface area contributed by atoms with E-state index in [9.17, 15) is 14.4 Å². The van der Waals surface area contributed by atoms with Gasteiger partial charge in [0.05, 0.1) is 38.6 Å². The third kappa shape index (κ3) is 12.9. The standard InChI is InChI=1S/C36H38O9/c1-3-34(38)43-24-6-4-22-41-31-15-13-30(14-16-31)29-11-8-28(9-12-29)10-21-35(39)45-33-19-17-32(18-20-33)42-23-5-7-25-44-36(40)27(2)26-37/h3,8-21,37H,1-2,4-7,22-26H2/b21-10+. The lowest BCUT2D eigenvalue weighted by atomic mass is 10.0. The number of hydrogen-bond acceptors (Lipinski definition) is 9. The van der Waals surface area contributed by atoms with E-state index in [0.29, 0.717) is 44.2 Å². The van der Waals surface area contributed by atoms with Crippen molar-refractivity contribution in [2.24, 2.45) is 0 Å². The molecule has 0 saturated carbocycles. The predicted octanol–water partition coefficient (Wildman–Crippen LogP) is 6.11. The summed E-state index contributed by atoms with van der Waals surface area (Å²) in [6.07, 6.45) is 6.98. The number of ether oxygens (including phenoxy) is 5. The minimum absolute atomic E-state index is 0.0268. The Hall–Kier alpha value is -5.15. The molecule has 0 heterocycles. The first kappa shape index (κ1) is 34.3. The molecule has 3 rings (SSSR count). The number of carbonyl (C=O) groups is 3. The summed E-state index contributed by atoms with van der Waals surface area (Å²) in [6, 6.07) is 22.3. The number of esters is 3. The number of hydrogen-bond donors (Lipinski definition) is 1. The zero-order valence-corrected chi connectivity index (χ0v) is 25.2. The third-order valence-electron chi connectivity index (χ3n) is 6.29. The van der Waals surface area contributed by atoms with Crippen LogP contribution in [-0.2, 0) is 23.9 Å². The Morgan fingerprint density at radius 1 is 0.644 bits per heavy atom. The zero-order chi connectivity index (χ0) is 32.3. The molecule has 1 N–H and O–H groups in total. The first-order chi connectivity index (χ1) is 21.9. The van der Waals surface area contributed by atoms with Crippen LogP contribution < -0.4 is 14.2 Å². The monoisotopic (exact) mass is 614 g/mol. The van der Waals surface area contributed by atoms with Gasteiger partial charge in [-0.05, 0) is 84.8 Å². The van der Waals surface area contributed by atoms with Gasteiger partial charge in [0.2, 0.25) is 0 Å². The van der Waals surface area contributed by atoms with E-state index in [1.807, 2.05) is 48.5 Å². The van der Waals surface area contributed by atoms with Gasteiger partial charge in [-0.2, -0.15) is 0 Å². The molecule has 9 heteroatoms. The van der Waals surface area contributed by atoms with Crippen molar-refractivity contribution >= 4 is 24.0 Å². The summed E-state index contributed by atoms with van der Waals surface area (Å²) in [5.41, 5.74) is 2.94. The summed E-state index contributed by atoms with van der Waals surface area (Å²) < 4.78 is 26.7. The molecule has 0 fully saturated rings. The molecule has 0 aliphatic carbocycles. The van der Waals surface area contributed by atoms with Crippen LogP contribution in [0.5, 0.6) is 17.2 Å². The summed E-state index contributed by atoms with van der Waals surface area (Å²) in [5.74, 6) is 0.267. The first-order valence-electron chi connectivity index (χ1n) is 14.6. The van der Waals surface area contributed by atoms with E-state index >= 15 is 0 Å². The van der Waals surface area contributed by atoms with Crippen LogP contribution in [0.4, 0.5) is 0 Å². The van der Waals surface area contributed by atoms with Crippen LogP contribution >= 0.6 is 0 Å². The van der Waals surface area contributed by atoms with Gasteiger partial charge in [0, 0.05) is 12.2 Å². The third-order valence-corrected chi connectivity index (χ3v) is 6.29. The summed E-state index contributed by atoms with van der Waals surface area (Å²) in [7, 11) is 0. The Labute approximate surface area is 263 Å². The predicted molar refractivity (Wildman–Crippen MR) is 171 cm³/mol. The fraction of sp³-hybridized carbons (Fsp3) is 0.250. The van der Waals surface area contributed by atoms with Crippen molar-refractivity contribution in [1.82, 2.24) is 0 Å². The fourth-order valence-corrected chi connectivity index (χ4v) is 3.80. The molecule has 45 heavy (non-hydrogen) atoms. The quantitative estimate of drug-likeness (QED) is 0.0738. The van der Waals surface area contributed by atoms with Gasteiger partial charge < -0.3 is 28.8 Å². The Morgan fingerprint density at radius 2 is 1.13 bits per heavy atom. The van der Waals surface area contributed by atoms with Crippen molar-refractivity contribution in [3.05, 3.63) is 109 Å². The van der Waals surface area contributed by atoms with Crippen molar-refractivity contribution in [2.75, 3.05) is 33.0 Å². The molecule has 0 aliphatic rings. The van der Waals surface area contributed by atoms with E-state index in [-0.39, 0.29) is 12.2 Å². The maximum absolute atomic E-state index is 12.3. The maximum Gasteiger partial charge on any atom is 0.336 e. The lowest BCUT2D eigenvalue weighted by molar-refractivity contribution is -0.140. The maximum atomic E-state index is 12.3. The molecule has 236 valence electrons. The van der Waals surface area contributed by atoms with E-state index < -0.39 is 24.5 Å². The molecular weight excluding hydrogens is 576 g/mol. The summed E-state index contributed by atoms with van der Waals surface area (Å²) in [4.78, 5) is 34.7. The molecule has 0 bridgehead atoms. The number of carbonyl (C=O) groups excluding carboxylic acids is 3. The van der Waals surface area contributed by atoms with Gasteiger partial charge in [0.15, 0.2) is 0 Å². The highest BCUT2D eigenvalue weighted by Gasteiger charge is 2.07. The van der Waals surface area contributed by atoms with Crippen molar-refractivity contribution in [3.8, 4) is 28.4 Å². The fourth-order valence-electron chi connectivity index (χ4n) is 3.80. The molecule has 0 saturated heterocycles. The SMILES string of the molecule is C=CC(=O)OCCCCOc1ccc(-c2ccc(/C=C/C(=O)Oc3ccc(OCCCCOC(=O)C(=C)CO)cc3)cc2)cc1. The molecule has 0 spiro atoms. The van der Waals surface area contributed by atoms with Crippen LogP contribution in [0.1, 0.15) is 31.2 Å². The van der Waals surface area contributed by atoms with Gasteiger partial charge in [-0.15, -0.1) is 0 Å². The van der Waals surface area contributed by atoms with Gasteiger partial charge in [-0.25, -0.2) is 14.4 Å². The summed E-state index contributed by atoms with van der Waals surface area (Å²) >= 11 is 0. The average Bonchev–Trinajstić information content (AvgIpc) is 3.07. The van der Waals surface area contributed by atoms with E-state index in [4.69, 9.17) is 28.8 Å². The van der Waals surface area contributed by atoms with Crippen LogP contribution in [0, 0.1) is 0 Å². The summed E-state index contributed by atoms with van der Waals surface area (Å²) in [6.45, 7) is 7.88. The lowest BCUT2D eigenvalue weighted by Crippen LogP contribution is -2.11. The molecule has 0 unspecified atom stereocenters. The van der Waals surface area contributed by atoms with Gasteiger partial charge in [-0.1, -0.05) is 49.6 Å². The molecule has 9 nitrogen and oxygen atoms in total. The van der Waals surface area contributed by atoms with E-state index in [1.54, 1.807) is 30.3 Å². The topological polar surface area (TPSA) is 118 Å². The molecule has 3 aromatic carbocycles. The Kier molecular flexibility index (Phi) is 14.6. The van der Waals surface area contributed by atoms with Gasteiger partial charge in [-0.3, -0.25) is 0 Å². The van der Waals surface area contributed by atoms with Crippen LogP contribution in [0.3, 0.4) is 0 Å². The molecule has 0 radical (unpaired) electrons. The van der Waals surface area contributed by atoms with Crippen molar-refractivity contribution < 1.29 is 43.2 Å². The second-order valence-corrected chi connectivity index (χ2v) is 9.75. The molecular formula is C36H38O9. The van der Waals surface area contributed by atoms with Crippen LogP contribution in [0.15, 0.2) is 104 Å². The summed E-state index contributed by atoms with van der Waals surface area (Å²) in [5, 5.41) is 8.84. The molecule has 3 aromatic rings. The van der Waals surface area contributed by atoms with Crippen LogP contribution in [0.2, 0.25) is 0 Å². The highest BCUT2D eigenvalue weighted by molar-refractivity contribution is 5.89. The van der Waals surface area contributed by atoms with Crippen LogP contribution in [0.25, 0.3) is 17.2 Å². The largest absolute Gasteiger partial charge is 0.494 e. The highest BCUT2D eigenvalue weighted by Crippen LogP contribution is 2.24.